The minimum atomic E-state index is 0.444. The summed E-state index contributed by atoms with van der Waals surface area (Å²) in [7, 11) is 0. The molecule has 1 aliphatic heterocycles. The third-order valence-electron chi connectivity index (χ3n) is 3.19. The van der Waals surface area contributed by atoms with Crippen LogP contribution >= 0.6 is 11.8 Å². The first-order chi connectivity index (χ1) is 7.81. The van der Waals surface area contributed by atoms with Gasteiger partial charge in [0.1, 0.15) is 5.75 Å². The van der Waals surface area contributed by atoms with E-state index in [0.29, 0.717) is 11.8 Å². The monoisotopic (exact) mass is 237 g/mol. The molecule has 2 N–H and O–H groups in total. The molecule has 0 radical (unpaired) electrons. The lowest BCUT2D eigenvalue weighted by atomic mass is 9.97. The van der Waals surface area contributed by atoms with Gasteiger partial charge in [-0.1, -0.05) is 12.5 Å². The van der Waals surface area contributed by atoms with Crippen LogP contribution in [-0.2, 0) is 6.42 Å². The minimum absolute atomic E-state index is 0.444. The average Bonchev–Trinajstić information content (AvgIpc) is 2.33. The van der Waals surface area contributed by atoms with Gasteiger partial charge in [0.2, 0.25) is 0 Å². The van der Waals surface area contributed by atoms with Crippen LogP contribution in [0, 0.1) is 0 Å². The van der Waals surface area contributed by atoms with Crippen molar-refractivity contribution in [2.75, 3.05) is 12.8 Å². The fourth-order valence-corrected chi connectivity index (χ4v) is 2.94. The molecule has 0 aliphatic carbocycles. The van der Waals surface area contributed by atoms with E-state index in [1.807, 2.05) is 6.07 Å². The van der Waals surface area contributed by atoms with Gasteiger partial charge in [0.05, 0.1) is 0 Å². The van der Waals surface area contributed by atoms with Crippen LogP contribution in [0.5, 0.6) is 5.75 Å². The summed E-state index contributed by atoms with van der Waals surface area (Å²) >= 11 is 1.71. The number of thioether (sulfide) groups is 1. The summed E-state index contributed by atoms with van der Waals surface area (Å²) < 4.78 is 0. The Balaban J connectivity index is 2.12. The molecule has 1 unspecified atom stereocenters. The Kier molecular flexibility index (Phi) is 4.13. The van der Waals surface area contributed by atoms with Crippen molar-refractivity contribution in [3.05, 3.63) is 23.8 Å². The number of phenols is 1. The lowest BCUT2D eigenvalue weighted by Crippen LogP contribution is -2.35. The van der Waals surface area contributed by atoms with E-state index < -0.39 is 0 Å². The summed E-state index contributed by atoms with van der Waals surface area (Å²) in [6, 6.07) is 6.33. The molecule has 3 heteroatoms. The predicted octanol–water partition coefficient (Wildman–Crippen LogP) is 2.80. The summed E-state index contributed by atoms with van der Waals surface area (Å²) in [5, 5.41) is 13.4. The van der Waals surface area contributed by atoms with Crippen molar-refractivity contribution in [1.82, 2.24) is 5.32 Å². The fraction of sp³-hybridized carbons (Fsp3) is 0.538. The molecule has 88 valence electrons. The van der Waals surface area contributed by atoms with Crippen molar-refractivity contribution in [2.45, 2.75) is 36.6 Å². The van der Waals surface area contributed by atoms with E-state index in [0.717, 1.165) is 18.5 Å². The first-order valence-electron chi connectivity index (χ1n) is 5.89. The van der Waals surface area contributed by atoms with Gasteiger partial charge in [-0.25, -0.2) is 0 Å². The van der Waals surface area contributed by atoms with Gasteiger partial charge in [-0.2, -0.15) is 0 Å². The number of hydrogen-bond donors (Lipinski definition) is 2. The van der Waals surface area contributed by atoms with E-state index in [9.17, 15) is 5.11 Å². The smallest absolute Gasteiger partial charge is 0.119 e. The molecule has 2 nitrogen and oxygen atoms in total. The zero-order chi connectivity index (χ0) is 11.4. The van der Waals surface area contributed by atoms with Gasteiger partial charge in [0, 0.05) is 16.5 Å². The van der Waals surface area contributed by atoms with Gasteiger partial charge in [-0.05, 0) is 44.2 Å². The fourth-order valence-electron chi connectivity index (χ4n) is 2.30. The zero-order valence-electron chi connectivity index (χ0n) is 9.70. The second kappa shape index (κ2) is 5.60. The van der Waals surface area contributed by atoms with E-state index in [1.54, 1.807) is 17.8 Å². The standard InChI is InChI=1S/C13H19NOS/c1-16-13-7-4-6-12(15)11(13)9-10-5-2-3-8-14-10/h4,6-7,10,14-15H,2-3,5,8-9H2,1H3. The Bertz CT molecular complexity index is 348. The minimum Gasteiger partial charge on any atom is -0.508 e. The SMILES string of the molecule is CSc1cccc(O)c1CC1CCCCN1. The van der Waals surface area contributed by atoms with Crippen LogP contribution in [-0.4, -0.2) is 23.9 Å². The third kappa shape index (κ3) is 2.71. The van der Waals surface area contributed by atoms with Crippen LogP contribution in [0.1, 0.15) is 24.8 Å². The molecule has 0 spiro atoms. The largest absolute Gasteiger partial charge is 0.508 e. The zero-order valence-corrected chi connectivity index (χ0v) is 10.5. The molecule has 2 rings (SSSR count). The molecule has 1 saturated heterocycles. The van der Waals surface area contributed by atoms with Crippen LogP contribution < -0.4 is 5.32 Å². The molecular weight excluding hydrogens is 218 g/mol. The Hall–Kier alpha value is -0.670. The second-order valence-electron chi connectivity index (χ2n) is 4.31. The molecule has 1 atom stereocenters. The van der Waals surface area contributed by atoms with Crippen molar-refractivity contribution in [1.29, 1.82) is 0 Å². The number of rotatable bonds is 3. The molecule has 1 aromatic carbocycles. The van der Waals surface area contributed by atoms with Gasteiger partial charge >= 0.3 is 0 Å². The first-order valence-corrected chi connectivity index (χ1v) is 7.12. The highest BCUT2D eigenvalue weighted by Gasteiger charge is 2.16. The van der Waals surface area contributed by atoms with Crippen molar-refractivity contribution < 1.29 is 5.11 Å². The predicted molar refractivity (Wildman–Crippen MR) is 69.2 cm³/mol. The quantitative estimate of drug-likeness (QED) is 0.793. The maximum Gasteiger partial charge on any atom is 0.119 e. The molecule has 1 fully saturated rings. The van der Waals surface area contributed by atoms with E-state index in [1.165, 1.54) is 24.2 Å². The highest BCUT2D eigenvalue weighted by molar-refractivity contribution is 7.98. The Labute approximate surface area is 101 Å². The lowest BCUT2D eigenvalue weighted by Gasteiger charge is -2.24. The number of aromatic hydroxyl groups is 1. The first kappa shape index (κ1) is 11.8. The summed E-state index contributed by atoms with van der Waals surface area (Å²) in [6.07, 6.45) is 6.82. The Morgan fingerprint density at radius 2 is 2.31 bits per heavy atom. The number of hydrogen-bond acceptors (Lipinski definition) is 3. The maximum absolute atomic E-state index is 9.91. The number of phenolic OH excluding ortho intramolecular Hbond substituents is 1. The van der Waals surface area contributed by atoms with Gasteiger partial charge in [-0.3, -0.25) is 0 Å². The summed E-state index contributed by atoms with van der Waals surface area (Å²) in [4.78, 5) is 1.20. The molecule has 0 amide bonds. The van der Waals surface area contributed by atoms with E-state index in [2.05, 4.69) is 17.6 Å². The molecule has 0 bridgehead atoms. The highest BCUT2D eigenvalue weighted by atomic mass is 32.2. The van der Waals surface area contributed by atoms with Gasteiger partial charge in [0.15, 0.2) is 0 Å². The van der Waals surface area contributed by atoms with Gasteiger partial charge < -0.3 is 10.4 Å². The summed E-state index contributed by atoms with van der Waals surface area (Å²) in [6.45, 7) is 1.12. The molecule has 16 heavy (non-hydrogen) atoms. The van der Waals surface area contributed by atoms with Crippen molar-refractivity contribution in [2.24, 2.45) is 0 Å². The van der Waals surface area contributed by atoms with Gasteiger partial charge in [0.25, 0.3) is 0 Å². The highest BCUT2D eigenvalue weighted by Crippen LogP contribution is 2.30. The molecule has 1 heterocycles. The lowest BCUT2D eigenvalue weighted by molar-refractivity contribution is 0.389. The van der Waals surface area contributed by atoms with Crippen molar-refractivity contribution in [3.8, 4) is 5.75 Å². The van der Waals surface area contributed by atoms with Crippen LogP contribution in [0.3, 0.4) is 0 Å². The van der Waals surface area contributed by atoms with E-state index in [4.69, 9.17) is 0 Å². The van der Waals surface area contributed by atoms with Crippen molar-refractivity contribution in [3.63, 3.8) is 0 Å². The molecule has 1 aromatic rings. The normalized spacial score (nSPS) is 20.9. The number of nitrogens with one attached hydrogen (secondary N) is 1. The maximum atomic E-state index is 9.91. The van der Waals surface area contributed by atoms with E-state index in [-0.39, 0.29) is 0 Å². The molecule has 0 saturated carbocycles. The third-order valence-corrected chi connectivity index (χ3v) is 4.01. The van der Waals surface area contributed by atoms with Gasteiger partial charge in [-0.15, -0.1) is 11.8 Å². The van der Waals surface area contributed by atoms with Crippen LogP contribution in [0.2, 0.25) is 0 Å². The second-order valence-corrected chi connectivity index (χ2v) is 5.16. The van der Waals surface area contributed by atoms with Crippen LogP contribution in [0.15, 0.2) is 23.1 Å². The summed E-state index contributed by atoms with van der Waals surface area (Å²) in [5.74, 6) is 0.444. The van der Waals surface area contributed by atoms with Crippen LogP contribution in [0.4, 0.5) is 0 Å². The van der Waals surface area contributed by atoms with E-state index >= 15 is 0 Å². The molecule has 1 aliphatic rings. The van der Waals surface area contributed by atoms with Crippen LogP contribution in [0.25, 0.3) is 0 Å². The topological polar surface area (TPSA) is 32.3 Å². The average molecular weight is 237 g/mol. The Morgan fingerprint density at radius 3 is 3.00 bits per heavy atom. The summed E-state index contributed by atoms with van der Waals surface area (Å²) in [5.41, 5.74) is 1.11. The van der Waals surface area contributed by atoms with Crippen molar-refractivity contribution >= 4 is 11.8 Å². The Morgan fingerprint density at radius 1 is 1.44 bits per heavy atom. The molecular formula is C13H19NOS. The number of benzene rings is 1. The number of piperidine rings is 1. The molecule has 0 aromatic heterocycles.